The highest BCUT2D eigenvalue weighted by atomic mass is 16.7. The third kappa shape index (κ3) is 3.70. The Morgan fingerprint density at radius 1 is 1.24 bits per heavy atom. The minimum atomic E-state index is -0.318. The molecule has 0 saturated carbocycles. The Balaban J connectivity index is 1.87. The van der Waals surface area contributed by atoms with E-state index in [9.17, 15) is 0 Å². The molecule has 2 heterocycles. The van der Waals surface area contributed by atoms with Gasteiger partial charge in [-0.15, -0.1) is 0 Å². The van der Waals surface area contributed by atoms with Gasteiger partial charge in [-0.25, -0.2) is 0 Å². The second-order valence-corrected chi connectivity index (χ2v) is 5.97. The van der Waals surface area contributed by atoms with Gasteiger partial charge in [-0.1, -0.05) is 11.8 Å². The molecule has 96 valence electrons. The third-order valence-corrected chi connectivity index (χ3v) is 3.08. The van der Waals surface area contributed by atoms with Gasteiger partial charge in [0.15, 0.2) is 5.79 Å². The Morgan fingerprint density at radius 3 is 2.59 bits per heavy atom. The monoisotopic (exact) mass is 237 g/mol. The van der Waals surface area contributed by atoms with E-state index in [1.54, 1.807) is 0 Å². The molecule has 0 unspecified atom stereocenters. The van der Waals surface area contributed by atoms with E-state index in [0.29, 0.717) is 0 Å². The number of likely N-dealkylation sites (tertiary alicyclic amines) is 1. The van der Waals surface area contributed by atoms with Crippen molar-refractivity contribution in [3.8, 4) is 11.8 Å². The number of hydrogen-bond donors (Lipinski definition) is 0. The van der Waals surface area contributed by atoms with Gasteiger partial charge in [-0.2, -0.15) is 0 Å². The molecule has 0 bridgehead atoms. The highest BCUT2D eigenvalue weighted by Crippen LogP contribution is 2.29. The zero-order valence-corrected chi connectivity index (χ0v) is 11.2. The van der Waals surface area contributed by atoms with E-state index in [4.69, 9.17) is 9.47 Å². The van der Waals surface area contributed by atoms with E-state index in [1.807, 2.05) is 0 Å². The van der Waals surface area contributed by atoms with Crippen molar-refractivity contribution in [1.82, 2.24) is 4.90 Å². The van der Waals surface area contributed by atoms with Gasteiger partial charge in [0.05, 0.1) is 26.3 Å². The molecule has 2 saturated heterocycles. The maximum Gasteiger partial charge on any atom is 0.181 e. The summed E-state index contributed by atoms with van der Waals surface area (Å²) in [6, 6.07) is 0. The summed E-state index contributed by atoms with van der Waals surface area (Å²) in [5, 5.41) is 0. The van der Waals surface area contributed by atoms with Gasteiger partial charge >= 0.3 is 0 Å². The van der Waals surface area contributed by atoms with E-state index in [2.05, 4.69) is 37.5 Å². The maximum absolute atomic E-state index is 5.75. The Bertz CT molecular complexity index is 315. The van der Waals surface area contributed by atoms with Crippen LogP contribution in [0.4, 0.5) is 0 Å². The van der Waals surface area contributed by atoms with Crippen molar-refractivity contribution in [2.24, 2.45) is 5.41 Å². The second-order valence-electron chi connectivity index (χ2n) is 5.97. The molecule has 1 spiro atoms. The molecule has 2 rings (SSSR count). The first kappa shape index (κ1) is 12.9. The van der Waals surface area contributed by atoms with Gasteiger partial charge in [-0.3, -0.25) is 4.90 Å². The minimum absolute atomic E-state index is 0.0911. The lowest BCUT2D eigenvalue weighted by molar-refractivity contribution is -0.187. The summed E-state index contributed by atoms with van der Waals surface area (Å²) in [4.78, 5) is 2.34. The van der Waals surface area contributed by atoms with Crippen LogP contribution in [0.1, 0.15) is 33.6 Å². The van der Waals surface area contributed by atoms with Crippen LogP contribution in [-0.4, -0.2) is 43.5 Å². The standard InChI is InChI=1S/C14H23NO2/c1-13(2,3)6-4-8-15-9-5-7-14(12-15)16-10-11-17-14/h5,7-12H2,1-3H3. The summed E-state index contributed by atoms with van der Waals surface area (Å²) >= 11 is 0. The summed E-state index contributed by atoms with van der Waals surface area (Å²) in [5.41, 5.74) is 0.0911. The topological polar surface area (TPSA) is 21.7 Å². The van der Waals surface area contributed by atoms with Crippen LogP contribution in [0.15, 0.2) is 0 Å². The molecular formula is C14H23NO2. The van der Waals surface area contributed by atoms with E-state index < -0.39 is 0 Å². The molecule has 17 heavy (non-hydrogen) atoms. The van der Waals surface area contributed by atoms with Crippen molar-refractivity contribution >= 4 is 0 Å². The highest BCUT2D eigenvalue weighted by Gasteiger charge is 2.40. The van der Waals surface area contributed by atoms with Crippen LogP contribution in [0, 0.1) is 17.3 Å². The fraction of sp³-hybridized carbons (Fsp3) is 0.857. The van der Waals surface area contributed by atoms with E-state index in [1.165, 1.54) is 0 Å². The van der Waals surface area contributed by atoms with Gasteiger partial charge < -0.3 is 9.47 Å². The van der Waals surface area contributed by atoms with Gasteiger partial charge in [-0.05, 0) is 33.7 Å². The van der Waals surface area contributed by atoms with Crippen LogP contribution in [-0.2, 0) is 9.47 Å². The molecular weight excluding hydrogens is 214 g/mol. The van der Waals surface area contributed by atoms with Crippen LogP contribution in [0.25, 0.3) is 0 Å². The van der Waals surface area contributed by atoms with E-state index in [0.717, 1.165) is 45.7 Å². The Morgan fingerprint density at radius 2 is 1.94 bits per heavy atom. The highest BCUT2D eigenvalue weighted by molar-refractivity contribution is 5.09. The predicted molar refractivity (Wildman–Crippen MR) is 67.5 cm³/mol. The minimum Gasteiger partial charge on any atom is -0.346 e. The summed E-state index contributed by atoms with van der Waals surface area (Å²) in [7, 11) is 0. The number of nitrogens with zero attached hydrogens (tertiary/aromatic N) is 1. The fourth-order valence-corrected chi connectivity index (χ4v) is 2.35. The van der Waals surface area contributed by atoms with Crippen molar-refractivity contribution in [3.05, 3.63) is 0 Å². The number of piperidine rings is 1. The normalized spacial score (nSPS) is 24.6. The maximum atomic E-state index is 5.75. The second kappa shape index (κ2) is 4.97. The lowest BCUT2D eigenvalue weighted by Gasteiger charge is -2.37. The molecule has 0 N–H and O–H groups in total. The van der Waals surface area contributed by atoms with Gasteiger partial charge in [0.1, 0.15) is 0 Å². The molecule has 0 aromatic rings. The average Bonchev–Trinajstić information content (AvgIpc) is 2.64. The summed E-state index contributed by atoms with van der Waals surface area (Å²) < 4.78 is 11.5. The van der Waals surface area contributed by atoms with Gasteiger partial charge in [0.2, 0.25) is 0 Å². The molecule has 0 radical (unpaired) electrons. The Labute approximate surface area is 104 Å². The molecule has 0 amide bonds. The fourth-order valence-electron chi connectivity index (χ4n) is 2.35. The van der Waals surface area contributed by atoms with Crippen LogP contribution in [0.3, 0.4) is 0 Å². The van der Waals surface area contributed by atoms with Crippen molar-refractivity contribution in [2.45, 2.75) is 39.4 Å². The number of hydrogen-bond acceptors (Lipinski definition) is 3. The van der Waals surface area contributed by atoms with Crippen LogP contribution < -0.4 is 0 Å². The van der Waals surface area contributed by atoms with Crippen molar-refractivity contribution in [3.63, 3.8) is 0 Å². The summed E-state index contributed by atoms with van der Waals surface area (Å²) in [5.74, 6) is 6.22. The molecule has 2 fully saturated rings. The first-order valence-electron chi connectivity index (χ1n) is 6.49. The molecule has 0 atom stereocenters. The quantitative estimate of drug-likeness (QED) is 0.650. The van der Waals surface area contributed by atoms with Gasteiger partial charge in [0, 0.05) is 11.8 Å². The largest absolute Gasteiger partial charge is 0.346 e. The molecule has 2 aliphatic rings. The predicted octanol–water partition coefficient (Wildman–Crippen LogP) is 1.87. The summed E-state index contributed by atoms with van der Waals surface area (Å²) in [6.07, 6.45) is 2.16. The van der Waals surface area contributed by atoms with Crippen LogP contribution in [0.5, 0.6) is 0 Å². The Hall–Kier alpha value is -0.560. The zero-order chi connectivity index (χ0) is 12.4. The molecule has 0 aromatic carbocycles. The zero-order valence-electron chi connectivity index (χ0n) is 11.2. The number of ether oxygens (including phenoxy) is 2. The van der Waals surface area contributed by atoms with E-state index >= 15 is 0 Å². The molecule has 2 aliphatic heterocycles. The van der Waals surface area contributed by atoms with Crippen LogP contribution in [0.2, 0.25) is 0 Å². The van der Waals surface area contributed by atoms with Crippen LogP contribution >= 0.6 is 0 Å². The molecule has 3 nitrogen and oxygen atoms in total. The molecule has 0 aromatic heterocycles. The van der Waals surface area contributed by atoms with E-state index in [-0.39, 0.29) is 11.2 Å². The molecule has 0 aliphatic carbocycles. The Kier molecular flexibility index (Phi) is 3.77. The summed E-state index contributed by atoms with van der Waals surface area (Å²) in [6.45, 7) is 10.7. The lowest BCUT2D eigenvalue weighted by atomic mass is 9.98. The molecule has 3 heteroatoms. The third-order valence-electron chi connectivity index (χ3n) is 3.08. The van der Waals surface area contributed by atoms with Crippen molar-refractivity contribution in [2.75, 3.05) is 32.8 Å². The lowest BCUT2D eigenvalue weighted by Crippen LogP contribution is -2.48. The smallest absolute Gasteiger partial charge is 0.181 e. The average molecular weight is 237 g/mol. The number of rotatable bonds is 1. The van der Waals surface area contributed by atoms with Crippen molar-refractivity contribution < 1.29 is 9.47 Å². The first-order valence-corrected chi connectivity index (χ1v) is 6.49. The first-order chi connectivity index (χ1) is 7.99. The SMILES string of the molecule is CC(C)(C)C#CCN1CCCC2(C1)OCCO2. The van der Waals surface area contributed by atoms with Gasteiger partial charge in [0.25, 0.3) is 0 Å². The van der Waals surface area contributed by atoms with Crippen molar-refractivity contribution in [1.29, 1.82) is 0 Å².